The molecule has 27 nitrogen and oxygen atoms in total. The van der Waals surface area contributed by atoms with E-state index in [4.69, 9.17) is 28.7 Å². The molecule has 0 saturated heterocycles. The highest BCUT2D eigenvalue weighted by atomic mass is 32.2. The van der Waals surface area contributed by atoms with Gasteiger partial charge in [0.15, 0.2) is 5.96 Å². The second-order valence-corrected chi connectivity index (χ2v) is 20.4. The highest BCUT2D eigenvalue weighted by Crippen LogP contribution is 2.15. The number of guanidine groups is 1. The number of thioether (sulfide) groups is 2. The average Bonchev–Trinajstić information content (AvgIpc) is 3.36. The summed E-state index contributed by atoms with van der Waals surface area (Å²) in [6, 6.07) is -6.43. The number of rotatable bonds is 38. The van der Waals surface area contributed by atoms with Gasteiger partial charge in [-0.2, -0.15) is 23.5 Å². The number of aliphatic hydroxyl groups excluding tert-OH is 1. The molecule has 0 heterocycles. The zero-order valence-electron chi connectivity index (χ0n) is 44.6. The summed E-state index contributed by atoms with van der Waals surface area (Å²) >= 11 is 2.70. The number of nitrogens with one attached hydrogen (secondary N) is 8. The van der Waals surface area contributed by atoms with E-state index in [1.807, 2.05) is 0 Å². The number of phenolic OH excluding ortho intramolecular Hbond substituents is 1. The van der Waals surface area contributed by atoms with Gasteiger partial charge in [-0.3, -0.25) is 48.1 Å². The van der Waals surface area contributed by atoms with E-state index in [0.717, 1.165) is 0 Å². The third kappa shape index (κ3) is 26.5. The standard InChI is InChI=1S/C48H82N14O13S2/c1-7-25(2)37(61-46(73)38(27(4)63)62-43(70)33(18-22-77-6)57-44(71)34(59-39(66)26(3)50)23-28-13-15-29(64)16-14-28)45(72)58-30(11-8-9-19-49)40(67)56-32(17-21-76-5)42(69)55-31(12-10-20-54-48(52)53)41(68)60-35(47(74)75)24-36(51)65/h13-16,25-27,30-35,37-38,63-64H,7-12,17-24,49-50H2,1-6H3,(H2,51,65)(H,55,69)(H,56,67)(H,57,71)(H,58,72)(H,59,66)(H,60,68)(H,61,73)(H,62,70)(H,74,75)(H4,52,53,54). The van der Waals surface area contributed by atoms with E-state index in [0.29, 0.717) is 36.3 Å². The number of primary amides is 1. The number of hydrogen-bond donors (Lipinski definition) is 16. The molecule has 11 atom stereocenters. The van der Waals surface area contributed by atoms with Crippen LogP contribution < -0.4 is 71.2 Å². The van der Waals surface area contributed by atoms with Crippen LogP contribution in [-0.4, -0.2) is 178 Å². The predicted octanol–water partition coefficient (Wildman–Crippen LogP) is -3.76. The zero-order chi connectivity index (χ0) is 58.4. The molecule has 0 saturated carbocycles. The van der Waals surface area contributed by atoms with Crippen LogP contribution in [-0.2, 0) is 54.4 Å². The van der Waals surface area contributed by atoms with Crippen molar-refractivity contribution in [2.75, 3.05) is 37.1 Å². The van der Waals surface area contributed by atoms with Crippen LogP contribution in [0.5, 0.6) is 5.75 Å². The third-order valence-corrected chi connectivity index (χ3v) is 13.2. The van der Waals surface area contributed by atoms with Gasteiger partial charge in [-0.1, -0.05) is 32.4 Å². The van der Waals surface area contributed by atoms with Crippen LogP contribution in [0.4, 0.5) is 0 Å². The van der Waals surface area contributed by atoms with Crippen molar-refractivity contribution in [2.45, 2.75) is 152 Å². The first kappa shape index (κ1) is 68.6. The summed E-state index contributed by atoms with van der Waals surface area (Å²) in [7, 11) is 0. The quantitative estimate of drug-likeness (QED) is 0.0172. The van der Waals surface area contributed by atoms with Crippen LogP contribution in [0.1, 0.15) is 91.0 Å². The highest BCUT2D eigenvalue weighted by Gasteiger charge is 2.37. The largest absolute Gasteiger partial charge is 0.508 e. The molecule has 1 aromatic carbocycles. The lowest BCUT2D eigenvalue weighted by molar-refractivity contribution is -0.143. The molecular formula is C48H82N14O13S2. The van der Waals surface area contributed by atoms with Crippen LogP contribution in [0.15, 0.2) is 29.3 Å². The number of aliphatic hydroxyl groups is 1. The summed E-state index contributed by atoms with van der Waals surface area (Å²) in [5.41, 5.74) is 28.1. The molecule has 1 aromatic rings. The topological polar surface area (TPSA) is 470 Å². The van der Waals surface area contributed by atoms with Crippen LogP contribution in [0.25, 0.3) is 0 Å². The minimum Gasteiger partial charge on any atom is -0.508 e. The molecule has 0 radical (unpaired) electrons. The van der Waals surface area contributed by atoms with Crippen molar-refractivity contribution in [1.29, 1.82) is 0 Å². The second kappa shape index (κ2) is 36.6. The number of carboxylic acid groups (broad SMARTS) is 1. The maximum absolute atomic E-state index is 14.3. The van der Waals surface area contributed by atoms with Gasteiger partial charge >= 0.3 is 5.97 Å². The maximum atomic E-state index is 14.3. The van der Waals surface area contributed by atoms with Gasteiger partial charge in [-0.25, -0.2) is 4.79 Å². The number of aliphatic imine (C=N–C) groups is 1. The average molecular weight is 1130 g/mol. The van der Waals surface area contributed by atoms with E-state index >= 15 is 0 Å². The summed E-state index contributed by atoms with van der Waals surface area (Å²) in [6.45, 7) is 6.31. The summed E-state index contributed by atoms with van der Waals surface area (Å²) in [5, 5.41) is 50.7. The van der Waals surface area contributed by atoms with Gasteiger partial charge < -0.3 is 86.5 Å². The van der Waals surface area contributed by atoms with E-state index in [9.17, 15) is 63.3 Å². The lowest BCUT2D eigenvalue weighted by atomic mass is 9.96. The highest BCUT2D eigenvalue weighted by molar-refractivity contribution is 7.98. The molecule has 29 heteroatoms. The number of benzene rings is 1. The molecule has 1 rings (SSSR count). The van der Waals surface area contributed by atoms with Crippen LogP contribution in [0, 0.1) is 5.92 Å². The molecule has 434 valence electrons. The van der Waals surface area contributed by atoms with Crippen molar-refractivity contribution < 1.29 is 63.3 Å². The van der Waals surface area contributed by atoms with E-state index in [1.165, 1.54) is 49.5 Å². The smallest absolute Gasteiger partial charge is 0.326 e. The number of carboxylic acids is 1. The molecule has 0 aliphatic rings. The molecule has 0 aromatic heterocycles. The molecule has 0 fully saturated rings. The van der Waals surface area contributed by atoms with Crippen molar-refractivity contribution >= 4 is 88.6 Å². The number of phenols is 1. The third-order valence-electron chi connectivity index (χ3n) is 11.9. The number of nitrogens with two attached hydrogens (primary N) is 5. The first-order valence-corrected chi connectivity index (χ1v) is 28.0. The number of carbonyl (C=O) groups is 10. The molecule has 77 heavy (non-hydrogen) atoms. The first-order valence-electron chi connectivity index (χ1n) is 25.2. The lowest BCUT2D eigenvalue weighted by Crippen LogP contribution is -2.62. The molecule has 0 spiro atoms. The van der Waals surface area contributed by atoms with Gasteiger partial charge in [-0.05, 0) is 113 Å². The van der Waals surface area contributed by atoms with Gasteiger partial charge in [0.25, 0.3) is 0 Å². The fourth-order valence-electron chi connectivity index (χ4n) is 7.28. The van der Waals surface area contributed by atoms with Crippen molar-refractivity contribution in [3.8, 4) is 5.75 Å². The van der Waals surface area contributed by atoms with Crippen molar-refractivity contribution in [3.63, 3.8) is 0 Å². The molecular weight excluding hydrogens is 1040 g/mol. The number of nitrogens with zero attached hydrogens (tertiary/aromatic N) is 1. The van der Waals surface area contributed by atoms with E-state index < -0.39 is 132 Å². The maximum Gasteiger partial charge on any atom is 0.326 e. The SMILES string of the molecule is CCC(C)C(NC(=O)C(NC(=O)C(CCSC)NC(=O)C(Cc1ccc(O)cc1)NC(=O)C(C)N)C(C)O)C(=O)NC(CCCCN)C(=O)NC(CCSC)C(=O)NC(CCCN=C(N)N)C(=O)NC(CC(N)=O)C(=O)O. The van der Waals surface area contributed by atoms with Gasteiger partial charge in [0.2, 0.25) is 53.2 Å². The van der Waals surface area contributed by atoms with Gasteiger partial charge in [0.05, 0.1) is 18.6 Å². The Morgan fingerprint density at radius 1 is 0.584 bits per heavy atom. The Morgan fingerprint density at radius 2 is 1.01 bits per heavy atom. The Balaban J connectivity index is 3.50. The van der Waals surface area contributed by atoms with E-state index in [-0.39, 0.29) is 63.3 Å². The number of aliphatic carboxylic acids is 1. The molecule has 9 amide bonds. The van der Waals surface area contributed by atoms with Crippen LogP contribution in [0.2, 0.25) is 0 Å². The molecule has 0 aliphatic carbocycles. The first-order chi connectivity index (χ1) is 36.3. The minimum absolute atomic E-state index is 0.0132. The Bertz CT molecular complexity index is 2140. The lowest BCUT2D eigenvalue weighted by Gasteiger charge is -2.30. The van der Waals surface area contributed by atoms with Gasteiger partial charge in [0.1, 0.15) is 54.1 Å². The Kier molecular flexibility index (Phi) is 32.6. The summed E-state index contributed by atoms with van der Waals surface area (Å²) in [4.78, 5) is 138. The molecule has 21 N–H and O–H groups in total. The number of unbranched alkanes of at least 4 members (excludes halogenated alkanes) is 1. The number of carbonyl (C=O) groups excluding carboxylic acids is 9. The number of hydrogen-bond acceptors (Lipinski definition) is 17. The van der Waals surface area contributed by atoms with E-state index in [2.05, 4.69) is 47.5 Å². The summed E-state index contributed by atoms with van der Waals surface area (Å²) in [5.74, 6) is -9.52. The Labute approximate surface area is 457 Å². The molecule has 0 bridgehead atoms. The fourth-order valence-corrected chi connectivity index (χ4v) is 8.22. The fraction of sp³-hybridized carbons (Fsp3) is 0.646. The molecule has 0 aliphatic heterocycles. The second-order valence-electron chi connectivity index (χ2n) is 18.4. The number of aromatic hydroxyl groups is 1. The Morgan fingerprint density at radius 3 is 1.45 bits per heavy atom. The summed E-state index contributed by atoms with van der Waals surface area (Å²) < 4.78 is 0. The zero-order valence-corrected chi connectivity index (χ0v) is 46.3. The minimum atomic E-state index is -1.73. The Hall–Kier alpha value is -6.43. The van der Waals surface area contributed by atoms with Gasteiger partial charge in [0, 0.05) is 13.0 Å². The molecule has 11 unspecified atom stereocenters. The van der Waals surface area contributed by atoms with Crippen LogP contribution in [0.3, 0.4) is 0 Å². The van der Waals surface area contributed by atoms with Crippen molar-refractivity contribution in [1.82, 2.24) is 42.5 Å². The predicted molar refractivity (Wildman–Crippen MR) is 292 cm³/mol. The summed E-state index contributed by atoms with van der Waals surface area (Å²) in [6.07, 6.45) is 2.33. The van der Waals surface area contributed by atoms with Crippen LogP contribution >= 0.6 is 23.5 Å². The normalized spacial score (nSPS) is 15.3. The van der Waals surface area contributed by atoms with Crippen molar-refractivity contribution in [2.24, 2.45) is 39.6 Å². The van der Waals surface area contributed by atoms with Gasteiger partial charge in [-0.15, -0.1) is 0 Å². The number of amides is 9. The van der Waals surface area contributed by atoms with E-state index in [1.54, 1.807) is 38.5 Å². The monoisotopic (exact) mass is 1130 g/mol. The van der Waals surface area contributed by atoms with Crippen molar-refractivity contribution in [3.05, 3.63) is 29.8 Å².